The van der Waals surface area contributed by atoms with Crippen molar-refractivity contribution < 1.29 is 0 Å². The molecule has 5 nitrogen and oxygen atoms in total. The number of guanidine groups is 2. The third-order valence-corrected chi connectivity index (χ3v) is 5.43. The summed E-state index contributed by atoms with van der Waals surface area (Å²) < 4.78 is 0. The zero-order valence-corrected chi connectivity index (χ0v) is 13.8. The van der Waals surface area contributed by atoms with E-state index in [1.165, 1.54) is 35.2 Å². The quantitative estimate of drug-likeness (QED) is 0.836. The van der Waals surface area contributed by atoms with Crippen LogP contribution < -0.4 is 16.4 Å². The van der Waals surface area contributed by atoms with Gasteiger partial charge >= 0.3 is 0 Å². The zero-order chi connectivity index (χ0) is 16.0. The number of nitrogens with two attached hydrogens (primary N) is 2. The molecule has 1 aromatic carbocycles. The van der Waals surface area contributed by atoms with E-state index in [1.807, 2.05) is 0 Å². The average Bonchev–Trinajstić information content (AvgIpc) is 2.95. The largest absolute Gasteiger partial charge is 0.369 e. The minimum Gasteiger partial charge on any atom is -0.369 e. The van der Waals surface area contributed by atoms with E-state index >= 15 is 0 Å². The SMILES string of the molecule is Cc1cc2c(c(N3C(N)=NC(N)=NC34CCCCC4)c1)CCC2. The number of fused-ring (bicyclic) bond motifs is 1. The summed E-state index contributed by atoms with van der Waals surface area (Å²) in [6.07, 6.45) is 9.06. The molecule has 2 aliphatic carbocycles. The molecule has 4 N–H and O–H groups in total. The number of benzene rings is 1. The topological polar surface area (TPSA) is 80.0 Å². The molecule has 1 saturated carbocycles. The van der Waals surface area contributed by atoms with Crippen LogP contribution in [0.5, 0.6) is 0 Å². The number of hydrogen-bond donors (Lipinski definition) is 2. The summed E-state index contributed by atoms with van der Waals surface area (Å²) in [6.45, 7) is 2.16. The van der Waals surface area contributed by atoms with Gasteiger partial charge in [0.1, 0.15) is 5.66 Å². The van der Waals surface area contributed by atoms with Crippen LogP contribution in [0.2, 0.25) is 0 Å². The van der Waals surface area contributed by atoms with Crippen molar-refractivity contribution in [1.82, 2.24) is 0 Å². The Morgan fingerprint density at radius 2 is 1.83 bits per heavy atom. The van der Waals surface area contributed by atoms with Crippen molar-refractivity contribution in [3.05, 3.63) is 28.8 Å². The third kappa shape index (κ3) is 2.30. The number of aliphatic imine (C=N–C) groups is 2. The van der Waals surface area contributed by atoms with Crippen molar-refractivity contribution in [2.24, 2.45) is 21.5 Å². The normalized spacial score (nSPS) is 22.7. The van der Waals surface area contributed by atoms with Crippen molar-refractivity contribution in [3.63, 3.8) is 0 Å². The second-order valence-corrected chi connectivity index (χ2v) is 7.09. The van der Waals surface area contributed by atoms with Gasteiger partial charge in [0.2, 0.25) is 11.9 Å². The van der Waals surface area contributed by atoms with Crippen LogP contribution in [0.25, 0.3) is 0 Å². The fourth-order valence-electron chi connectivity index (χ4n) is 4.51. The lowest BCUT2D eigenvalue weighted by Gasteiger charge is -2.46. The van der Waals surface area contributed by atoms with Crippen molar-refractivity contribution in [1.29, 1.82) is 0 Å². The molecular formula is C18H25N5. The first kappa shape index (κ1) is 14.5. The highest BCUT2D eigenvalue weighted by atomic mass is 15.4. The summed E-state index contributed by atoms with van der Waals surface area (Å²) >= 11 is 0. The summed E-state index contributed by atoms with van der Waals surface area (Å²) in [6, 6.07) is 4.56. The Morgan fingerprint density at radius 1 is 1.04 bits per heavy atom. The maximum absolute atomic E-state index is 6.37. The van der Waals surface area contributed by atoms with Gasteiger partial charge in [0.15, 0.2) is 0 Å². The lowest BCUT2D eigenvalue weighted by molar-refractivity contribution is 0.305. The molecule has 0 aromatic heterocycles. The van der Waals surface area contributed by atoms with Gasteiger partial charge in [-0.05, 0) is 74.6 Å². The molecule has 23 heavy (non-hydrogen) atoms. The molecule has 1 heterocycles. The molecule has 0 unspecified atom stereocenters. The minimum absolute atomic E-state index is 0.324. The van der Waals surface area contributed by atoms with Crippen LogP contribution in [0.15, 0.2) is 22.1 Å². The van der Waals surface area contributed by atoms with Crippen molar-refractivity contribution in [2.45, 2.75) is 64.0 Å². The van der Waals surface area contributed by atoms with Crippen LogP contribution in [-0.4, -0.2) is 17.6 Å². The summed E-state index contributed by atoms with van der Waals surface area (Å²) in [7, 11) is 0. The van der Waals surface area contributed by atoms with Crippen LogP contribution in [-0.2, 0) is 12.8 Å². The molecule has 1 aromatic rings. The van der Waals surface area contributed by atoms with Gasteiger partial charge in [0, 0.05) is 5.69 Å². The molecule has 0 atom stereocenters. The minimum atomic E-state index is -0.335. The first-order chi connectivity index (χ1) is 11.1. The highest BCUT2D eigenvalue weighted by Crippen LogP contribution is 2.43. The molecule has 1 spiro atoms. The van der Waals surface area contributed by atoms with Crippen molar-refractivity contribution in [2.75, 3.05) is 4.90 Å². The average molecular weight is 311 g/mol. The van der Waals surface area contributed by atoms with Crippen LogP contribution in [0.1, 0.15) is 55.2 Å². The molecule has 5 heteroatoms. The molecule has 0 saturated heterocycles. The lowest BCUT2D eigenvalue weighted by atomic mass is 9.86. The zero-order valence-electron chi connectivity index (χ0n) is 13.8. The smallest absolute Gasteiger partial charge is 0.220 e. The monoisotopic (exact) mass is 311 g/mol. The number of anilines is 1. The molecule has 0 amide bonds. The fourth-order valence-corrected chi connectivity index (χ4v) is 4.51. The van der Waals surface area contributed by atoms with E-state index in [1.54, 1.807) is 0 Å². The Morgan fingerprint density at radius 3 is 2.61 bits per heavy atom. The van der Waals surface area contributed by atoms with Gasteiger partial charge < -0.3 is 11.5 Å². The highest BCUT2D eigenvalue weighted by Gasteiger charge is 2.43. The van der Waals surface area contributed by atoms with Crippen molar-refractivity contribution in [3.8, 4) is 0 Å². The van der Waals surface area contributed by atoms with Crippen LogP contribution in [0, 0.1) is 6.92 Å². The van der Waals surface area contributed by atoms with E-state index < -0.39 is 0 Å². The number of rotatable bonds is 1. The van der Waals surface area contributed by atoms with Gasteiger partial charge in [-0.1, -0.05) is 12.5 Å². The van der Waals surface area contributed by atoms with Gasteiger partial charge in [-0.2, -0.15) is 4.99 Å². The molecule has 3 aliphatic rings. The fraction of sp³-hybridized carbons (Fsp3) is 0.556. The third-order valence-electron chi connectivity index (χ3n) is 5.43. The number of nitrogens with zero attached hydrogens (tertiary/aromatic N) is 3. The van der Waals surface area contributed by atoms with E-state index in [4.69, 9.17) is 16.5 Å². The molecule has 122 valence electrons. The Hall–Kier alpha value is -2.04. The predicted molar refractivity (Wildman–Crippen MR) is 94.7 cm³/mol. The van der Waals surface area contributed by atoms with E-state index in [2.05, 4.69) is 28.9 Å². The first-order valence-electron chi connectivity index (χ1n) is 8.71. The van der Waals surface area contributed by atoms with E-state index in [0.717, 1.165) is 38.5 Å². The van der Waals surface area contributed by atoms with E-state index in [0.29, 0.717) is 11.9 Å². The van der Waals surface area contributed by atoms with Gasteiger partial charge in [0.05, 0.1) is 0 Å². The first-order valence-corrected chi connectivity index (χ1v) is 8.71. The lowest BCUT2D eigenvalue weighted by Crippen LogP contribution is -2.58. The highest BCUT2D eigenvalue weighted by molar-refractivity contribution is 6.06. The molecular weight excluding hydrogens is 286 g/mol. The summed E-state index contributed by atoms with van der Waals surface area (Å²) in [5.41, 5.74) is 17.4. The maximum Gasteiger partial charge on any atom is 0.220 e. The second kappa shape index (κ2) is 5.25. The maximum atomic E-state index is 6.37. The molecule has 0 bridgehead atoms. The van der Waals surface area contributed by atoms with Gasteiger partial charge in [-0.3, -0.25) is 4.90 Å². The van der Waals surface area contributed by atoms with Crippen LogP contribution in [0.4, 0.5) is 5.69 Å². The molecule has 1 fully saturated rings. The molecule has 1 aliphatic heterocycles. The standard InChI is InChI=1S/C18H25N5/c1-12-10-13-6-5-7-14(13)15(11-12)23-17(20)21-16(19)22-18(23)8-3-2-4-9-18/h10-11H,2-9H2,1H3,(H4,19,20,21,22). The van der Waals surface area contributed by atoms with Crippen LogP contribution >= 0.6 is 0 Å². The number of aryl methyl sites for hydroxylation is 2. The molecule has 0 radical (unpaired) electrons. The Bertz CT molecular complexity index is 698. The van der Waals surface area contributed by atoms with E-state index in [-0.39, 0.29) is 5.66 Å². The van der Waals surface area contributed by atoms with Crippen molar-refractivity contribution >= 4 is 17.6 Å². The van der Waals surface area contributed by atoms with Gasteiger partial charge in [-0.15, -0.1) is 0 Å². The number of hydrogen-bond acceptors (Lipinski definition) is 5. The molecule has 4 rings (SSSR count). The Kier molecular flexibility index (Phi) is 3.32. The predicted octanol–water partition coefficient (Wildman–Crippen LogP) is 2.59. The summed E-state index contributed by atoms with van der Waals surface area (Å²) in [5, 5.41) is 0. The Labute approximate surface area is 137 Å². The van der Waals surface area contributed by atoms with Crippen LogP contribution in [0.3, 0.4) is 0 Å². The summed E-state index contributed by atoms with van der Waals surface area (Å²) in [5.74, 6) is 0.823. The van der Waals surface area contributed by atoms with E-state index in [9.17, 15) is 0 Å². The summed E-state index contributed by atoms with van der Waals surface area (Å²) in [4.78, 5) is 11.3. The Balaban J connectivity index is 1.88. The van der Waals surface area contributed by atoms with Gasteiger partial charge in [0.25, 0.3) is 0 Å². The second-order valence-electron chi connectivity index (χ2n) is 7.09. The van der Waals surface area contributed by atoms with Gasteiger partial charge in [-0.25, -0.2) is 4.99 Å².